The topological polar surface area (TPSA) is 92.2 Å². The lowest BCUT2D eigenvalue weighted by molar-refractivity contribution is -0.137. The van der Waals surface area contributed by atoms with Gasteiger partial charge in [-0.15, -0.1) is 22.7 Å². The van der Waals surface area contributed by atoms with E-state index in [-0.39, 0.29) is 12.3 Å². The van der Waals surface area contributed by atoms with Crippen molar-refractivity contribution in [3.8, 4) is 10.0 Å². The maximum absolute atomic E-state index is 12.6. The molecule has 0 aromatic carbocycles. The zero-order valence-electron chi connectivity index (χ0n) is 15.9. The van der Waals surface area contributed by atoms with Gasteiger partial charge in [0.1, 0.15) is 5.69 Å². The number of carboxylic acid groups (broad SMARTS) is 1. The third kappa shape index (κ3) is 7.38. The van der Waals surface area contributed by atoms with Crippen LogP contribution in [0.4, 0.5) is 0 Å². The van der Waals surface area contributed by atoms with Crippen LogP contribution in [0.25, 0.3) is 10.0 Å². The minimum Gasteiger partial charge on any atom is -0.481 e. The monoisotopic (exact) mass is 409 g/mol. The van der Waals surface area contributed by atoms with Gasteiger partial charge in [0.15, 0.2) is 10.0 Å². The number of hydrogen-bond donors (Lipinski definition) is 2. The van der Waals surface area contributed by atoms with Gasteiger partial charge in [-0.25, -0.2) is 9.97 Å². The first-order valence-electron chi connectivity index (χ1n) is 9.37. The number of thiazole rings is 2. The van der Waals surface area contributed by atoms with Crippen LogP contribution in [-0.4, -0.2) is 33.5 Å². The number of carbonyl (C=O) groups excluding carboxylic acids is 1. The Balaban J connectivity index is 1.83. The van der Waals surface area contributed by atoms with E-state index in [9.17, 15) is 9.59 Å². The Hall–Kier alpha value is -1.80. The second-order valence-electron chi connectivity index (χ2n) is 6.89. The summed E-state index contributed by atoms with van der Waals surface area (Å²) in [4.78, 5) is 32.9. The van der Waals surface area contributed by atoms with E-state index >= 15 is 0 Å². The number of rotatable bonds is 12. The second kappa shape index (κ2) is 11.1. The molecule has 0 fully saturated rings. The van der Waals surface area contributed by atoms with Crippen molar-refractivity contribution in [1.29, 1.82) is 0 Å². The van der Waals surface area contributed by atoms with Crippen LogP contribution in [-0.2, 0) is 11.2 Å². The fraction of sp³-hybridized carbons (Fsp3) is 0.579. The molecule has 0 saturated heterocycles. The standard InChI is InChI=1S/C19H27N3O3S2/c1-13(2)12-14-16(22-19(27-14)18-21-10-11-26-18)17(25)20-9-7-5-3-4-6-8-15(23)24/h10-11,13H,3-9,12H2,1-2H3,(H,20,25)(H,23,24). The molecular formula is C19H27N3O3S2. The SMILES string of the molecule is CC(C)Cc1sc(-c2nccs2)nc1C(=O)NCCCCCCCC(=O)O. The molecule has 0 atom stereocenters. The van der Waals surface area contributed by atoms with Crippen LogP contribution in [0, 0.1) is 5.92 Å². The molecule has 148 valence electrons. The molecule has 6 nitrogen and oxygen atoms in total. The summed E-state index contributed by atoms with van der Waals surface area (Å²) in [5.74, 6) is -0.401. The van der Waals surface area contributed by atoms with E-state index in [1.54, 1.807) is 17.5 Å². The molecule has 8 heteroatoms. The summed E-state index contributed by atoms with van der Waals surface area (Å²) in [6.45, 7) is 4.88. The van der Waals surface area contributed by atoms with Crippen LogP contribution in [0.5, 0.6) is 0 Å². The molecule has 0 aliphatic rings. The summed E-state index contributed by atoms with van der Waals surface area (Å²) < 4.78 is 0. The van der Waals surface area contributed by atoms with Crippen molar-refractivity contribution in [2.75, 3.05) is 6.54 Å². The largest absolute Gasteiger partial charge is 0.481 e. The third-order valence-electron chi connectivity index (χ3n) is 3.97. The van der Waals surface area contributed by atoms with Gasteiger partial charge in [0.05, 0.1) is 0 Å². The van der Waals surface area contributed by atoms with Gasteiger partial charge in [-0.1, -0.05) is 33.1 Å². The Bertz CT molecular complexity index is 727. The van der Waals surface area contributed by atoms with E-state index in [0.29, 0.717) is 18.2 Å². The molecular weight excluding hydrogens is 382 g/mol. The highest BCUT2D eigenvalue weighted by Gasteiger charge is 2.20. The summed E-state index contributed by atoms with van der Waals surface area (Å²) in [5.41, 5.74) is 0.528. The molecule has 2 aromatic heterocycles. The normalized spacial score (nSPS) is 11.1. The first-order valence-corrected chi connectivity index (χ1v) is 11.1. The highest BCUT2D eigenvalue weighted by atomic mass is 32.1. The lowest BCUT2D eigenvalue weighted by Crippen LogP contribution is -2.25. The predicted molar refractivity (Wildman–Crippen MR) is 109 cm³/mol. The van der Waals surface area contributed by atoms with Gasteiger partial charge in [0.25, 0.3) is 5.91 Å². The van der Waals surface area contributed by atoms with E-state index in [4.69, 9.17) is 5.11 Å². The van der Waals surface area contributed by atoms with Gasteiger partial charge in [-0.05, 0) is 25.2 Å². The summed E-state index contributed by atoms with van der Waals surface area (Å²) in [7, 11) is 0. The van der Waals surface area contributed by atoms with E-state index in [1.165, 1.54) is 11.3 Å². The summed E-state index contributed by atoms with van der Waals surface area (Å²) in [6, 6.07) is 0. The molecule has 2 heterocycles. The van der Waals surface area contributed by atoms with Crippen LogP contribution in [0.15, 0.2) is 11.6 Å². The average Bonchev–Trinajstić information content (AvgIpc) is 3.25. The molecule has 2 rings (SSSR count). The Morgan fingerprint density at radius 3 is 2.56 bits per heavy atom. The van der Waals surface area contributed by atoms with Crippen molar-refractivity contribution < 1.29 is 14.7 Å². The number of carboxylic acids is 1. The van der Waals surface area contributed by atoms with Crippen molar-refractivity contribution >= 4 is 34.6 Å². The second-order valence-corrected chi connectivity index (χ2v) is 8.87. The number of aliphatic carboxylic acids is 1. The summed E-state index contributed by atoms with van der Waals surface area (Å²) in [6.07, 6.45) is 7.32. The average molecular weight is 410 g/mol. The van der Waals surface area contributed by atoms with Crippen LogP contribution < -0.4 is 5.32 Å². The van der Waals surface area contributed by atoms with E-state index in [2.05, 4.69) is 29.1 Å². The highest BCUT2D eigenvalue weighted by molar-refractivity contribution is 7.20. The van der Waals surface area contributed by atoms with Crippen LogP contribution in [0.1, 0.15) is 67.7 Å². The van der Waals surface area contributed by atoms with Crippen LogP contribution in [0.2, 0.25) is 0 Å². The molecule has 27 heavy (non-hydrogen) atoms. The number of nitrogens with zero attached hydrogens (tertiary/aromatic N) is 2. The number of unbranched alkanes of at least 4 members (excludes halogenated alkanes) is 4. The molecule has 2 N–H and O–H groups in total. The number of hydrogen-bond acceptors (Lipinski definition) is 6. The molecule has 0 unspecified atom stereocenters. The van der Waals surface area contributed by atoms with E-state index < -0.39 is 5.97 Å². The minimum atomic E-state index is -0.736. The van der Waals surface area contributed by atoms with Crippen LogP contribution >= 0.6 is 22.7 Å². The zero-order chi connectivity index (χ0) is 19.6. The first-order chi connectivity index (χ1) is 13.0. The molecule has 2 aromatic rings. The van der Waals surface area contributed by atoms with Crippen molar-refractivity contribution in [3.63, 3.8) is 0 Å². The highest BCUT2D eigenvalue weighted by Crippen LogP contribution is 2.31. The van der Waals surface area contributed by atoms with Gasteiger partial charge in [-0.2, -0.15) is 0 Å². The zero-order valence-corrected chi connectivity index (χ0v) is 17.5. The Morgan fingerprint density at radius 2 is 1.89 bits per heavy atom. The third-order valence-corrected chi connectivity index (χ3v) is 5.97. The van der Waals surface area contributed by atoms with Gasteiger partial charge < -0.3 is 10.4 Å². The maximum atomic E-state index is 12.6. The molecule has 0 spiro atoms. The minimum absolute atomic E-state index is 0.115. The fourth-order valence-electron chi connectivity index (χ4n) is 2.68. The first kappa shape index (κ1) is 21.5. The molecule has 0 radical (unpaired) electrons. The van der Waals surface area contributed by atoms with Gasteiger partial charge in [-0.3, -0.25) is 9.59 Å². The Kier molecular flexibility index (Phi) is 8.87. The molecule has 0 saturated carbocycles. The Labute approximate surface area is 168 Å². The van der Waals surface area contributed by atoms with Gasteiger partial charge in [0, 0.05) is 29.4 Å². The Morgan fingerprint density at radius 1 is 1.15 bits per heavy atom. The van der Waals surface area contributed by atoms with E-state index in [1.807, 2.05) is 5.38 Å². The number of aromatic nitrogens is 2. The summed E-state index contributed by atoms with van der Waals surface area (Å²) in [5, 5.41) is 15.2. The van der Waals surface area contributed by atoms with Gasteiger partial charge >= 0.3 is 5.97 Å². The van der Waals surface area contributed by atoms with Crippen molar-refractivity contribution in [1.82, 2.24) is 15.3 Å². The number of amides is 1. The molecule has 0 bridgehead atoms. The molecule has 1 amide bonds. The smallest absolute Gasteiger partial charge is 0.303 e. The van der Waals surface area contributed by atoms with Crippen molar-refractivity contribution in [3.05, 3.63) is 22.1 Å². The lowest BCUT2D eigenvalue weighted by Gasteiger charge is -2.06. The van der Waals surface area contributed by atoms with Crippen LogP contribution in [0.3, 0.4) is 0 Å². The van der Waals surface area contributed by atoms with Crippen molar-refractivity contribution in [2.45, 2.75) is 58.8 Å². The fourth-order valence-corrected chi connectivity index (χ4v) is 4.63. The quantitative estimate of drug-likeness (QED) is 0.499. The summed E-state index contributed by atoms with van der Waals surface area (Å²) >= 11 is 3.09. The van der Waals surface area contributed by atoms with Crippen molar-refractivity contribution in [2.24, 2.45) is 5.92 Å². The maximum Gasteiger partial charge on any atom is 0.303 e. The number of carbonyl (C=O) groups is 2. The predicted octanol–water partition coefficient (Wildman–Crippen LogP) is 4.62. The molecule has 0 aliphatic carbocycles. The molecule has 0 aliphatic heterocycles. The van der Waals surface area contributed by atoms with Gasteiger partial charge in [0.2, 0.25) is 0 Å². The number of nitrogens with one attached hydrogen (secondary N) is 1. The van der Waals surface area contributed by atoms with E-state index in [0.717, 1.165) is 53.4 Å². The lowest BCUT2D eigenvalue weighted by atomic mass is 10.1.